The van der Waals surface area contributed by atoms with Crippen molar-refractivity contribution in [3.05, 3.63) is 29.8 Å². The molecule has 7 heteroatoms. The average molecular weight is 283 g/mol. The fraction of sp³-hybridized carbons (Fsp3) is 0.250. The van der Waals surface area contributed by atoms with Crippen LogP contribution in [0.3, 0.4) is 0 Å². The predicted octanol–water partition coefficient (Wildman–Crippen LogP) is 0.510. The second kappa shape index (κ2) is 6.79. The third-order valence-corrected chi connectivity index (χ3v) is 2.53. The largest absolute Gasteiger partial charge is 0.507 e. The molecule has 0 unspecified atom stereocenters. The molecule has 0 aliphatic heterocycles. The van der Waals surface area contributed by atoms with E-state index >= 15 is 0 Å². The van der Waals surface area contributed by atoms with Crippen LogP contribution < -0.4 is 5.32 Å². The van der Waals surface area contributed by atoms with Crippen LogP contribution in [0.25, 0.3) is 0 Å². The summed E-state index contributed by atoms with van der Waals surface area (Å²) in [5.74, 6) is -2.65. The lowest BCUT2D eigenvalue weighted by Gasteiger charge is -2.13. The first-order chi connectivity index (χ1) is 8.95. The minimum absolute atomic E-state index is 0.00748. The molecule has 0 bridgehead atoms. The average Bonchev–Trinajstić information content (AvgIpc) is 2.35. The van der Waals surface area contributed by atoms with Gasteiger partial charge in [-0.1, -0.05) is 12.1 Å². The van der Waals surface area contributed by atoms with Gasteiger partial charge in [0, 0.05) is 12.7 Å². The number of phenolic OH excluding ortho intramolecular Hbond substituents is 1. The van der Waals surface area contributed by atoms with Crippen molar-refractivity contribution >= 4 is 30.5 Å². The summed E-state index contributed by atoms with van der Waals surface area (Å²) in [5, 5.41) is 11.7. The maximum Gasteiger partial charge on any atom is 0.349 e. The van der Waals surface area contributed by atoms with E-state index in [4.69, 9.17) is 0 Å². The van der Waals surface area contributed by atoms with E-state index in [1.165, 1.54) is 31.2 Å². The van der Waals surface area contributed by atoms with Gasteiger partial charge in [-0.2, -0.15) is 12.6 Å². The van der Waals surface area contributed by atoms with Gasteiger partial charge in [-0.3, -0.25) is 4.79 Å². The fourth-order valence-electron chi connectivity index (χ4n) is 1.29. The van der Waals surface area contributed by atoms with Crippen LogP contribution in [0.4, 0.5) is 0 Å². The van der Waals surface area contributed by atoms with E-state index in [1.807, 2.05) is 0 Å². The number of hydrogen-bond donors (Lipinski definition) is 3. The van der Waals surface area contributed by atoms with Gasteiger partial charge in [0.1, 0.15) is 17.4 Å². The summed E-state index contributed by atoms with van der Waals surface area (Å²) in [5.41, 5.74) is -0.128. The number of aromatic hydroxyl groups is 1. The van der Waals surface area contributed by atoms with Crippen LogP contribution in [-0.2, 0) is 14.3 Å². The van der Waals surface area contributed by atoms with Crippen molar-refractivity contribution in [2.75, 3.05) is 5.75 Å². The SMILES string of the molecule is CC(=O)N[C@@H](CS)C(=O)OC(=O)c1ccccc1O. The van der Waals surface area contributed by atoms with E-state index in [0.29, 0.717) is 0 Å². The summed E-state index contributed by atoms with van der Waals surface area (Å²) in [6.45, 7) is 1.23. The molecule has 0 saturated heterocycles. The maximum absolute atomic E-state index is 11.6. The molecule has 1 aromatic rings. The molecule has 1 atom stereocenters. The number of benzene rings is 1. The van der Waals surface area contributed by atoms with Crippen LogP contribution in [0.1, 0.15) is 17.3 Å². The van der Waals surface area contributed by atoms with Gasteiger partial charge in [0.05, 0.1) is 0 Å². The van der Waals surface area contributed by atoms with Crippen LogP contribution >= 0.6 is 12.6 Å². The van der Waals surface area contributed by atoms with E-state index in [2.05, 4.69) is 22.7 Å². The third kappa shape index (κ3) is 4.29. The van der Waals surface area contributed by atoms with Gasteiger partial charge in [0.15, 0.2) is 0 Å². The zero-order valence-corrected chi connectivity index (χ0v) is 11.0. The predicted molar refractivity (Wildman–Crippen MR) is 70.0 cm³/mol. The Labute approximate surface area is 115 Å². The molecule has 102 valence electrons. The van der Waals surface area contributed by atoms with Gasteiger partial charge in [-0.05, 0) is 12.1 Å². The zero-order valence-electron chi connectivity index (χ0n) is 10.1. The lowest BCUT2D eigenvalue weighted by Crippen LogP contribution is -2.42. The number of nitrogens with one attached hydrogen (secondary N) is 1. The Balaban J connectivity index is 2.73. The number of phenols is 1. The summed E-state index contributed by atoms with van der Waals surface area (Å²) in [6.07, 6.45) is 0. The van der Waals surface area contributed by atoms with Gasteiger partial charge in [-0.15, -0.1) is 0 Å². The Kier molecular flexibility index (Phi) is 5.37. The number of carbonyl (C=O) groups excluding carboxylic acids is 3. The molecule has 0 saturated carbocycles. The van der Waals surface area contributed by atoms with Crippen molar-refractivity contribution in [3.8, 4) is 5.75 Å². The van der Waals surface area contributed by atoms with Crippen molar-refractivity contribution in [1.82, 2.24) is 5.32 Å². The molecule has 0 aliphatic carbocycles. The molecule has 0 fully saturated rings. The number of ether oxygens (including phenoxy) is 1. The first kappa shape index (κ1) is 15.0. The standard InChI is InChI=1S/C12H13NO5S/c1-7(14)13-9(6-19)12(17)18-11(16)8-4-2-3-5-10(8)15/h2-5,9,15,19H,6H2,1H3,(H,13,14)/t9-/m0/s1. The van der Waals surface area contributed by atoms with Crippen molar-refractivity contribution in [3.63, 3.8) is 0 Å². The van der Waals surface area contributed by atoms with E-state index in [1.54, 1.807) is 0 Å². The van der Waals surface area contributed by atoms with Crippen molar-refractivity contribution < 1.29 is 24.2 Å². The smallest absolute Gasteiger partial charge is 0.349 e. The molecule has 1 aromatic carbocycles. The van der Waals surface area contributed by atoms with Crippen LogP contribution in [0.5, 0.6) is 5.75 Å². The Bertz CT molecular complexity index is 503. The molecular formula is C12H13NO5S. The van der Waals surface area contributed by atoms with Gasteiger partial charge < -0.3 is 15.2 Å². The van der Waals surface area contributed by atoms with Crippen molar-refractivity contribution in [1.29, 1.82) is 0 Å². The van der Waals surface area contributed by atoms with Gasteiger partial charge in [-0.25, -0.2) is 9.59 Å². The van der Waals surface area contributed by atoms with E-state index in [0.717, 1.165) is 0 Å². The first-order valence-electron chi connectivity index (χ1n) is 5.37. The second-order valence-corrected chi connectivity index (χ2v) is 4.03. The molecule has 0 spiro atoms. The number of thiol groups is 1. The zero-order chi connectivity index (χ0) is 14.4. The topological polar surface area (TPSA) is 92.7 Å². The lowest BCUT2D eigenvalue weighted by atomic mass is 10.2. The quantitative estimate of drug-likeness (QED) is 0.425. The molecule has 1 rings (SSSR count). The third-order valence-electron chi connectivity index (χ3n) is 2.16. The maximum atomic E-state index is 11.6. The minimum Gasteiger partial charge on any atom is -0.507 e. The Hall–Kier alpha value is -2.02. The number of carbonyl (C=O) groups is 3. The summed E-state index contributed by atoms with van der Waals surface area (Å²) >= 11 is 3.88. The highest BCUT2D eigenvalue weighted by atomic mass is 32.1. The molecule has 0 aliphatic rings. The molecule has 19 heavy (non-hydrogen) atoms. The Morgan fingerprint density at radius 2 is 2.00 bits per heavy atom. The van der Waals surface area contributed by atoms with E-state index < -0.39 is 23.9 Å². The molecule has 0 radical (unpaired) electrons. The molecular weight excluding hydrogens is 270 g/mol. The Morgan fingerprint density at radius 3 is 2.53 bits per heavy atom. The molecule has 1 amide bonds. The number of amides is 1. The van der Waals surface area contributed by atoms with E-state index in [-0.39, 0.29) is 17.1 Å². The highest BCUT2D eigenvalue weighted by molar-refractivity contribution is 7.80. The Morgan fingerprint density at radius 1 is 1.37 bits per heavy atom. The summed E-state index contributed by atoms with van der Waals surface area (Å²) in [4.78, 5) is 34.1. The van der Waals surface area contributed by atoms with Gasteiger partial charge in [0.25, 0.3) is 0 Å². The van der Waals surface area contributed by atoms with Gasteiger partial charge in [0.2, 0.25) is 5.91 Å². The summed E-state index contributed by atoms with van der Waals surface area (Å²) in [6, 6.07) is 4.65. The number of rotatable bonds is 4. The second-order valence-electron chi connectivity index (χ2n) is 3.66. The number of hydrogen-bond acceptors (Lipinski definition) is 6. The van der Waals surface area contributed by atoms with Crippen LogP contribution in [-0.4, -0.2) is 34.7 Å². The molecule has 0 aromatic heterocycles. The van der Waals surface area contributed by atoms with E-state index in [9.17, 15) is 19.5 Å². The van der Waals surface area contributed by atoms with Crippen molar-refractivity contribution in [2.24, 2.45) is 0 Å². The number of esters is 2. The van der Waals surface area contributed by atoms with Crippen LogP contribution in [0.15, 0.2) is 24.3 Å². The normalized spacial score (nSPS) is 11.5. The minimum atomic E-state index is -1.02. The van der Waals surface area contributed by atoms with Gasteiger partial charge >= 0.3 is 11.9 Å². The monoisotopic (exact) mass is 283 g/mol. The lowest BCUT2D eigenvalue weighted by molar-refractivity contribution is -0.141. The summed E-state index contributed by atoms with van der Waals surface area (Å²) < 4.78 is 4.57. The number of para-hydroxylation sites is 1. The fourth-order valence-corrected chi connectivity index (χ4v) is 1.53. The van der Waals surface area contributed by atoms with Crippen LogP contribution in [0, 0.1) is 0 Å². The molecule has 2 N–H and O–H groups in total. The highest BCUT2D eigenvalue weighted by Crippen LogP contribution is 2.16. The molecule has 0 heterocycles. The van der Waals surface area contributed by atoms with Crippen molar-refractivity contribution in [2.45, 2.75) is 13.0 Å². The highest BCUT2D eigenvalue weighted by Gasteiger charge is 2.24. The summed E-state index contributed by atoms with van der Waals surface area (Å²) in [7, 11) is 0. The first-order valence-corrected chi connectivity index (χ1v) is 6.01. The van der Waals surface area contributed by atoms with Crippen LogP contribution in [0.2, 0.25) is 0 Å². The molecule has 6 nitrogen and oxygen atoms in total.